The van der Waals surface area contributed by atoms with Crippen LogP contribution in [0.2, 0.25) is 0 Å². The highest BCUT2D eigenvalue weighted by Crippen LogP contribution is 2.17. The third kappa shape index (κ3) is 4.57. The van der Waals surface area contributed by atoms with Crippen LogP contribution in [0.3, 0.4) is 0 Å². The van der Waals surface area contributed by atoms with E-state index in [0.29, 0.717) is 18.1 Å². The van der Waals surface area contributed by atoms with Crippen molar-refractivity contribution in [3.8, 4) is 0 Å². The van der Waals surface area contributed by atoms with E-state index in [9.17, 15) is 9.59 Å². The Labute approximate surface area is 112 Å². The minimum atomic E-state index is -1.01. The molecule has 1 amide bonds. The molecule has 6 heteroatoms. The highest BCUT2D eigenvalue weighted by Gasteiger charge is 2.11. The molecule has 0 aliphatic carbocycles. The second-order valence-electron chi connectivity index (χ2n) is 4.43. The van der Waals surface area contributed by atoms with Crippen LogP contribution in [0.15, 0.2) is 12.1 Å². The fraction of sp³-hybridized carbons (Fsp3) is 0.462. The largest absolute Gasteiger partial charge is 0.478 e. The highest BCUT2D eigenvalue weighted by molar-refractivity contribution is 5.89. The maximum absolute atomic E-state index is 11.3. The molecular weight excluding hydrogens is 246 g/mol. The molecule has 0 spiro atoms. The highest BCUT2D eigenvalue weighted by atomic mass is 16.4. The molecule has 0 radical (unpaired) electrons. The molecule has 0 aromatic carbocycles. The van der Waals surface area contributed by atoms with Crippen LogP contribution < -0.4 is 10.6 Å². The number of aromatic carboxylic acids is 1. The van der Waals surface area contributed by atoms with Gasteiger partial charge < -0.3 is 15.7 Å². The van der Waals surface area contributed by atoms with Gasteiger partial charge in [0.2, 0.25) is 5.91 Å². The van der Waals surface area contributed by atoms with Crippen LogP contribution in [0, 0.1) is 0 Å². The topological polar surface area (TPSA) is 91.3 Å². The number of anilines is 1. The molecule has 0 fully saturated rings. The second-order valence-corrected chi connectivity index (χ2v) is 4.43. The summed E-state index contributed by atoms with van der Waals surface area (Å²) in [4.78, 5) is 26.7. The standard InChI is InChI=1S/C13H19N3O3/c1-4-14-12(17)7-15-11-6-9(13(18)19)5-10(16-11)8(2)3/h5-6,8H,4,7H2,1-3H3,(H,14,17)(H,15,16)(H,18,19). The summed E-state index contributed by atoms with van der Waals surface area (Å²) in [6.45, 7) is 6.32. The normalized spacial score (nSPS) is 10.3. The Morgan fingerprint density at radius 3 is 2.58 bits per heavy atom. The first kappa shape index (κ1) is 14.9. The lowest BCUT2D eigenvalue weighted by Crippen LogP contribution is -2.29. The summed E-state index contributed by atoms with van der Waals surface area (Å²) in [7, 11) is 0. The van der Waals surface area contributed by atoms with E-state index in [4.69, 9.17) is 5.11 Å². The van der Waals surface area contributed by atoms with Gasteiger partial charge in [0, 0.05) is 12.2 Å². The Morgan fingerprint density at radius 2 is 2.05 bits per heavy atom. The quantitative estimate of drug-likeness (QED) is 0.724. The molecule has 3 N–H and O–H groups in total. The zero-order valence-electron chi connectivity index (χ0n) is 11.4. The molecule has 0 saturated heterocycles. The molecule has 1 heterocycles. The SMILES string of the molecule is CCNC(=O)CNc1cc(C(=O)O)cc(C(C)C)n1. The summed E-state index contributed by atoms with van der Waals surface area (Å²) in [5.74, 6) is -0.652. The molecule has 1 rings (SSSR count). The molecule has 0 bridgehead atoms. The number of carbonyl (C=O) groups is 2. The Bertz CT molecular complexity index is 472. The summed E-state index contributed by atoms with van der Waals surface area (Å²) < 4.78 is 0. The Balaban J connectivity index is 2.87. The van der Waals surface area contributed by atoms with Crippen LogP contribution in [-0.4, -0.2) is 35.1 Å². The van der Waals surface area contributed by atoms with Crippen molar-refractivity contribution in [1.82, 2.24) is 10.3 Å². The molecule has 104 valence electrons. The number of hydrogen-bond acceptors (Lipinski definition) is 4. The first-order valence-corrected chi connectivity index (χ1v) is 6.19. The van der Waals surface area contributed by atoms with Gasteiger partial charge >= 0.3 is 5.97 Å². The second kappa shape index (κ2) is 6.72. The number of nitrogens with zero attached hydrogens (tertiary/aromatic N) is 1. The first-order valence-electron chi connectivity index (χ1n) is 6.19. The van der Waals surface area contributed by atoms with E-state index in [-0.39, 0.29) is 23.9 Å². The van der Waals surface area contributed by atoms with Gasteiger partial charge in [-0.15, -0.1) is 0 Å². The van der Waals surface area contributed by atoms with Gasteiger partial charge in [-0.05, 0) is 25.0 Å². The number of carbonyl (C=O) groups excluding carboxylic acids is 1. The van der Waals surface area contributed by atoms with Crippen molar-refractivity contribution >= 4 is 17.7 Å². The zero-order chi connectivity index (χ0) is 14.4. The van der Waals surface area contributed by atoms with Crippen molar-refractivity contribution in [2.75, 3.05) is 18.4 Å². The van der Waals surface area contributed by atoms with Crippen LogP contribution in [0.5, 0.6) is 0 Å². The third-order valence-corrected chi connectivity index (χ3v) is 2.49. The van der Waals surface area contributed by atoms with Gasteiger partial charge in [-0.3, -0.25) is 4.79 Å². The summed E-state index contributed by atoms with van der Waals surface area (Å²) in [6, 6.07) is 2.97. The van der Waals surface area contributed by atoms with Crippen molar-refractivity contribution in [3.63, 3.8) is 0 Å². The number of carboxylic acids is 1. The number of likely N-dealkylation sites (N-methyl/N-ethyl adjacent to an activating group) is 1. The van der Waals surface area contributed by atoms with Crippen LogP contribution >= 0.6 is 0 Å². The lowest BCUT2D eigenvalue weighted by molar-refractivity contribution is -0.119. The predicted molar refractivity (Wildman–Crippen MR) is 72.5 cm³/mol. The number of aromatic nitrogens is 1. The Morgan fingerprint density at radius 1 is 1.37 bits per heavy atom. The number of rotatable bonds is 6. The van der Waals surface area contributed by atoms with Gasteiger partial charge in [-0.2, -0.15) is 0 Å². The fourth-order valence-electron chi connectivity index (χ4n) is 1.49. The monoisotopic (exact) mass is 265 g/mol. The fourth-order valence-corrected chi connectivity index (χ4v) is 1.49. The first-order chi connectivity index (χ1) is 8.93. The predicted octanol–water partition coefficient (Wildman–Crippen LogP) is 1.45. The molecule has 0 saturated carbocycles. The summed E-state index contributed by atoms with van der Waals surface area (Å²) in [5.41, 5.74) is 0.843. The van der Waals surface area contributed by atoms with Gasteiger partial charge in [0.05, 0.1) is 12.1 Å². The van der Waals surface area contributed by atoms with Crippen LogP contribution in [-0.2, 0) is 4.79 Å². The maximum atomic E-state index is 11.3. The van der Waals surface area contributed by atoms with Gasteiger partial charge in [0.25, 0.3) is 0 Å². The van der Waals surface area contributed by atoms with Crippen molar-refractivity contribution in [2.45, 2.75) is 26.7 Å². The minimum Gasteiger partial charge on any atom is -0.478 e. The molecule has 1 aromatic rings. The number of hydrogen-bond donors (Lipinski definition) is 3. The van der Waals surface area contributed by atoms with Crippen molar-refractivity contribution < 1.29 is 14.7 Å². The zero-order valence-corrected chi connectivity index (χ0v) is 11.4. The summed E-state index contributed by atoms with van der Waals surface area (Å²) >= 11 is 0. The molecule has 6 nitrogen and oxygen atoms in total. The number of nitrogens with one attached hydrogen (secondary N) is 2. The smallest absolute Gasteiger partial charge is 0.335 e. The summed E-state index contributed by atoms with van der Waals surface area (Å²) in [6.07, 6.45) is 0. The number of carboxylic acid groups (broad SMARTS) is 1. The number of pyridine rings is 1. The Hall–Kier alpha value is -2.11. The van der Waals surface area contributed by atoms with Gasteiger partial charge in [-0.25, -0.2) is 9.78 Å². The van der Waals surface area contributed by atoms with Crippen molar-refractivity contribution in [2.24, 2.45) is 0 Å². The molecule has 1 aromatic heterocycles. The molecule has 0 atom stereocenters. The van der Waals surface area contributed by atoms with Crippen LogP contribution in [0.25, 0.3) is 0 Å². The van der Waals surface area contributed by atoms with Crippen molar-refractivity contribution in [1.29, 1.82) is 0 Å². The number of amides is 1. The minimum absolute atomic E-state index is 0.0709. The van der Waals surface area contributed by atoms with Crippen LogP contribution in [0.1, 0.15) is 42.7 Å². The molecule has 0 aliphatic heterocycles. The molecule has 0 unspecified atom stereocenters. The van der Waals surface area contributed by atoms with E-state index in [1.54, 1.807) is 6.07 Å². The van der Waals surface area contributed by atoms with Gasteiger partial charge in [-0.1, -0.05) is 13.8 Å². The molecule has 19 heavy (non-hydrogen) atoms. The lowest BCUT2D eigenvalue weighted by Gasteiger charge is -2.11. The average molecular weight is 265 g/mol. The third-order valence-electron chi connectivity index (χ3n) is 2.49. The van der Waals surface area contributed by atoms with Gasteiger partial charge in [0.15, 0.2) is 0 Å². The Kier molecular flexibility index (Phi) is 5.29. The molecular formula is C13H19N3O3. The van der Waals surface area contributed by atoms with E-state index in [1.807, 2.05) is 20.8 Å². The lowest BCUT2D eigenvalue weighted by atomic mass is 10.1. The molecule has 0 aliphatic rings. The van der Waals surface area contributed by atoms with Crippen LogP contribution in [0.4, 0.5) is 5.82 Å². The van der Waals surface area contributed by atoms with E-state index < -0.39 is 5.97 Å². The van der Waals surface area contributed by atoms with Gasteiger partial charge in [0.1, 0.15) is 5.82 Å². The summed E-state index contributed by atoms with van der Waals surface area (Å²) in [5, 5.41) is 14.5. The average Bonchev–Trinajstić information content (AvgIpc) is 2.36. The van der Waals surface area contributed by atoms with Crippen molar-refractivity contribution in [3.05, 3.63) is 23.4 Å². The van der Waals surface area contributed by atoms with E-state index in [0.717, 1.165) is 0 Å². The maximum Gasteiger partial charge on any atom is 0.335 e. The van der Waals surface area contributed by atoms with E-state index >= 15 is 0 Å². The van der Waals surface area contributed by atoms with E-state index in [2.05, 4.69) is 15.6 Å². The van der Waals surface area contributed by atoms with E-state index in [1.165, 1.54) is 6.07 Å².